The van der Waals surface area contributed by atoms with Gasteiger partial charge in [0.05, 0.1) is 7.11 Å². The maximum absolute atomic E-state index is 9.84. The van der Waals surface area contributed by atoms with Gasteiger partial charge in [0.25, 0.3) is 0 Å². The average Bonchev–Trinajstić information content (AvgIpc) is 2.20. The highest BCUT2D eigenvalue weighted by atomic mass is 16.5. The van der Waals surface area contributed by atoms with Crippen molar-refractivity contribution >= 4 is 11.9 Å². The second-order valence-electron chi connectivity index (χ2n) is 1.27. The monoisotopic (exact) mass is 186 g/mol. The van der Waals surface area contributed by atoms with E-state index in [0.717, 1.165) is 12.2 Å². The van der Waals surface area contributed by atoms with Gasteiger partial charge in [-0.15, -0.1) is 13.2 Å². The highest BCUT2D eigenvalue weighted by molar-refractivity contribution is 5.80. The lowest BCUT2D eigenvalue weighted by molar-refractivity contribution is -0.135. The van der Waals surface area contributed by atoms with Gasteiger partial charge < -0.3 is 9.84 Å². The minimum absolute atomic E-state index is 0.394. The Kier molecular flexibility index (Phi) is 22.1. The van der Waals surface area contributed by atoms with Gasteiger partial charge in [-0.3, -0.25) is 0 Å². The van der Waals surface area contributed by atoms with Gasteiger partial charge in [-0.2, -0.15) is 0 Å². The van der Waals surface area contributed by atoms with Gasteiger partial charge in [-0.05, 0) is 0 Å². The number of esters is 1. The summed E-state index contributed by atoms with van der Waals surface area (Å²) in [6, 6.07) is 0. The Bertz CT molecular complexity index is 172. The summed E-state index contributed by atoms with van der Waals surface area (Å²) >= 11 is 0. The van der Waals surface area contributed by atoms with Crippen LogP contribution >= 0.6 is 0 Å². The number of ether oxygens (including phenoxy) is 1. The van der Waals surface area contributed by atoms with Crippen molar-refractivity contribution in [2.75, 3.05) is 7.11 Å². The smallest absolute Gasteiger partial charge is 0.329 e. The molecule has 0 heterocycles. The molecule has 0 bridgehead atoms. The molecule has 0 saturated heterocycles. The molecule has 0 amide bonds. The molecule has 0 atom stereocenters. The maximum atomic E-state index is 9.84. The molecule has 0 aliphatic heterocycles. The van der Waals surface area contributed by atoms with Gasteiger partial charge >= 0.3 is 11.9 Å². The van der Waals surface area contributed by atoms with E-state index >= 15 is 0 Å². The Morgan fingerprint density at radius 1 is 1.23 bits per heavy atom. The lowest BCUT2D eigenvalue weighted by atomic mass is 10.7. The number of methoxy groups -OCH3 is 1. The van der Waals surface area contributed by atoms with Crippen LogP contribution in [0.2, 0.25) is 0 Å². The van der Waals surface area contributed by atoms with Crippen molar-refractivity contribution in [3.05, 3.63) is 38.5 Å². The third-order valence-electron chi connectivity index (χ3n) is 0.542. The first-order chi connectivity index (χ1) is 6.08. The highest BCUT2D eigenvalue weighted by Crippen LogP contribution is 1.67. The van der Waals surface area contributed by atoms with Gasteiger partial charge in [0, 0.05) is 12.2 Å². The Morgan fingerprint density at radius 2 is 1.54 bits per heavy atom. The highest BCUT2D eigenvalue weighted by Gasteiger charge is 1.81. The molecule has 1 N–H and O–H groups in total. The predicted octanol–water partition coefficient (Wildman–Crippen LogP) is 1.40. The number of carbonyl (C=O) groups is 2. The van der Waals surface area contributed by atoms with E-state index in [1.54, 1.807) is 0 Å². The standard InChI is InChI=1S/C4H6O2.C3H4O2.C2H4/c1-3-4(5)6-2;1-2-3(4)5;1-2/h3H,1H2,2H3;2H,1H2,(H,4,5);1-2H2. The summed E-state index contributed by atoms with van der Waals surface area (Å²) < 4.78 is 4.14. The van der Waals surface area contributed by atoms with Gasteiger partial charge in [-0.1, -0.05) is 13.2 Å². The summed E-state index contributed by atoms with van der Waals surface area (Å²) in [6.07, 6.45) is 1.94. The number of rotatable bonds is 2. The second kappa shape index (κ2) is 16.6. The maximum Gasteiger partial charge on any atom is 0.329 e. The topological polar surface area (TPSA) is 63.6 Å². The molecule has 4 nitrogen and oxygen atoms in total. The molecular formula is C9H14O4. The summed E-state index contributed by atoms with van der Waals surface area (Å²) in [4.78, 5) is 19.1. The number of hydrogen-bond donors (Lipinski definition) is 1. The van der Waals surface area contributed by atoms with Crippen molar-refractivity contribution in [2.24, 2.45) is 0 Å². The summed E-state index contributed by atoms with van der Waals surface area (Å²) in [5, 5.41) is 7.60. The van der Waals surface area contributed by atoms with Crippen LogP contribution in [0.1, 0.15) is 0 Å². The SMILES string of the molecule is C=C.C=CC(=O)O.C=CC(=O)OC. The molecule has 4 heteroatoms. The molecule has 0 aromatic heterocycles. The fourth-order valence-electron chi connectivity index (χ4n) is 0.0833. The molecule has 0 aromatic carbocycles. The fourth-order valence-corrected chi connectivity index (χ4v) is 0.0833. The Labute approximate surface area is 77.8 Å². The van der Waals surface area contributed by atoms with Crippen LogP contribution in [-0.2, 0) is 14.3 Å². The molecule has 0 unspecified atom stereocenters. The lowest BCUT2D eigenvalue weighted by Gasteiger charge is -1.83. The molecule has 0 aromatic rings. The van der Waals surface area contributed by atoms with Crippen molar-refractivity contribution in [3.63, 3.8) is 0 Å². The van der Waals surface area contributed by atoms with Crippen LogP contribution in [0.15, 0.2) is 38.5 Å². The predicted molar refractivity (Wildman–Crippen MR) is 51.3 cm³/mol. The first-order valence-electron chi connectivity index (χ1n) is 3.14. The number of carboxylic acid groups (broad SMARTS) is 1. The van der Waals surface area contributed by atoms with Crippen LogP contribution in [0.3, 0.4) is 0 Å². The number of aliphatic carboxylic acids is 1. The Hall–Kier alpha value is -1.84. The van der Waals surface area contributed by atoms with Crippen LogP contribution in [0.4, 0.5) is 0 Å². The van der Waals surface area contributed by atoms with E-state index in [1.807, 2.05) is 0 Å². The number of hydrogen-bond acceptors (Lipinski definition) is 3. The van der Waals surface area contributed by atoms with E-state index in [0.29, 0.717) is 0 Å². The van der Waals surface area contributed by atoms with Crippen LogP contribution in [-0.4, -0.2) is 24.2 Å². The van der Waals surface area contributed by atoms with Crippen LogP contribution in [0.5, 0.6) is 0 Å². The Balaban J connectivity index is -0.000000131. The van der Waals surface area contributed by atoms with E-state index in [9.17, 15) is 9.59 Å². The van der Waals surface area contributed by atoms with Crippen LogP contribution in [0, 0.1) is 0 Å². The first-order valence-corrected chi connectivity index (χ1v) is 3.14. The molecular weight excluding hydrogens is 172 g/mol. The minimum atomic E-state index is -0.981. The largest absolute Gasteiger partial charge is 0.478 e. The second-order valence-corrected chi connectivity index (χ2v) is 1.27. The molecule has 74 valence electrons. The third kappa shape index (κ3) is 39.1. The number of carbonyl (C=O) groups excluding carboxylic acids is 1. The molecule has 0 radical (unpaired) electrons. The van der Waals surface area contributed by atoms with E-state index in [2.05, 4.69) is 31.1 Å². The number of carboxylic acids is 1. The van der Waals surface area contributed by atoms with E-state index in [1.165, 1.54) is 7.11 Å². The van der Waals surface area contributed by atoms with E-state index in [-0.39, 0.29) is 0 Å². The summed E-state index contributed by atoms with van der Waals surface area (Å²) in [7, 11) is 1.31. The molecule has 0 saturated carbocycles. The van der Waals surface area contributed by atoms with Crippen LogP contribution in [0.25, 0.3) is 0 Å². The average molecular weight is 186 g/mol. The van der Waals surface area contributed by atoms with Crippen LogP contribution < -0.4 is 0 Å². The minimum Gasteiger partial charge on any atom is -0.478 e. The summed E-state index contributed by atoms with van der Waals surface area (Å²) in [5.41, 5.74) is 0. The summed E-state index contributed by atoms with van der Waals surface area (Å²) in [5.74, 6) is -1.37. The molecule has 0 fully saturated rings. The third-order valence-corrected chi connectivity index (χ3v) is 0.542. The van der Waals surface area contributed by atoms with E-state index in [4.69, 9.17) is 5.11 Å². The Morgan fingerprint density at radius 3 is 1.54 bits per heavy atom. The fraction of sp³-hybridized carbons (Fsp3) is 0.111. The molecule has 0 spiro atoms. The van der Waals surface area contributed by atoms with Gasteiger partial charge in [0.1, 0.15) is 0 Å². The molecule has 13 heavy (non-hydrogen) atoms. The normalized spacial score (nSPS) is 5.92. The molecule has 0 aliphatic carbocycles. The molecule has 0 rings (SSSR count). The molecule has 0 aliphatic rings. The van der Waals surface area contributed by atoms with Crippen molar-refractivity contribution in [1.29, 1.82) is 0 Å². The van der Waals surface area contributed by atoms with Gasteiger partial charge in [0.15, 0.2) is 0 Å². The van der Waals surface area contributed by atoms with Crippen molar-refractivity contribution in [2.45, 2.75) is 0 Å². The van der Waals surface area contributed by atoms with Crippen molar-refractivity contribution in [1.82, 2.24) is 0 Å². The van der Waals surface area contributed by atoms with Crippen molar-refractivity contribution < 1.29 is 19.4 Å². The van der Waals surface area contributed by atoms with E-state index < -0.39 is 11.9 Å². The zero-order valence-corrected chi connectivity index (χ0v) is 7.66. The van der Waals surface area contributed by atoms with Gasteiger partial charge in [0.2, 0.25) is 0 Å². The van der Waals surface area contributed by atoms with Crippen molar-refractivity contribution in [3.8, 4) is 0 Å². The summed E-state index contributed by atoms with van der Waals surface area (Å²) in [6.45, 7) is 12.1. The zero-order chi connectivity index (χ0) is 11.3. The first kappa shape index (κ1) is 17.3. The lowest BCUT2D eigenvalue weighted by Crippen LogP contribution is -1.91. The quantitative estimate of drug-likeness (QED) is 0.402. The zero-order valence-electron chi connectivity index (χ0n) is 7.66. The van der Waals surface area contributed by atoms with Gasteiger partial charge in [-0.25, -0.2) is 9.59 Å².